The molecular formula is C15H9ClF4N4O3. The third-order valence-electron chi connectivity index (χ3n) is 3.56. The Morgan fingerprint density at radius 3 is 2.63 bits per heavy atom. The van der Waals surface area contributed by atoms with Gasteiger partial charge in [-0.25, -0.2) is 13.9 Å². The number of carbonyl (C=O) groups is 1. The number of nitrogens with one attached hydrogen (secondary N) is 1. The molecule has 0 aliphatic heterocycles. The van der Waals surface area contributed by atoms with Crippen molar-refractivity contribution < 1.29 is 27.5 Å². The molecule has 3 rings (SSSR count). The number of anilines is 1. The van der Waals surface area contributed by atoms with Gasteiger partial charge in [0.15, 0.2) is 0 Å². The van der Waals surface area contributed by atoms with E-state index in [1.165, 1.54) is 0 Å². The van der Waals surface area contributed by atoms with Crippen LogP contribution in [0.3, 0.4) is 0 Å². The summed E-state index contributed by atoms with van der Waals surface area (Å²) in [6.45, 7) is -0.550. The quantitative estimate of drug-likeness (QED) is 0.653. The van der Waals surface area contributed by atoms with E-state index in [4.69, 9.17) is 16.7 Å². The smallest absolute Gasteiger partial charge is 0.432 e. The Labute approximate surface area is 152 Å². The van der Waals surface area contributed by atoms with Gasteiger partial charge in [0, 0.05) is 18.5 Å². The van der Waals surface area contributed by atoms with E-state index in [1.54, 1.807) is 0 Å². The second-order valence-corrected chi connectivity index (χ2v) is 5.74. The lowest BCUT2D eigenvalue weighted by Gasteiger charge is -2.15. The van der Waals surface area contributed by atoms with Crippen LogP contribution in [0.2, 0.25) is 5.02 Å². The Morgan fingerprint density at radius 1 is 1.30 bits per heavy atom. The average Bonchev–Trinajstić information content (AvgIpc) is 3.02. The molecule has 0 saturated carbocycles. The molecule has 142 valence electrons. The number of rotatable bonds is 4. The van der Waals surface area contributed by atoms with E-state index in [2.05, 4.69) is 10.3 Å². The Bertz CT molecular complexity index is 1110. The number of halogens is 5. The van der Waals surface area contributed by atoms with Crippen LogP contribution >= 0.6 is 11.6 Å². The van der Waals surface area contributed by atoms with Crippen molar-refractivity contribution in [1.29, 1.82) is 0 Å². The van der Waals surface area contributed by atoms with Gasteiger partial charge in [0.25, 0.3) is 5.56 Å². The first-order valence-corrected chi connectivity index (χ1v) is 7.59. The highest BCUT2D eigenvalue weighted by Crippen LogP contribution is 2.31. The van der Waals surface area contributed by atoms with Crippen molar-refractivity contribution in [3.8, 4) is 5.69 Å². The molecule has 2 N–H and O–H groups in total. The van der Waals surface area contributed by atoms with Crippen LogP contribution in [-0.4, -0.2) is 31.6 Å². The predicted octanol–water partition coefficient (Wildman–Crippen LogP) is 2.79. The lowest BCUT2D eigenvalue weighted by molar-refractivity contribution is -0.142. The molecule has 2 aromatic heterocycles. The summed E-state index contributed by atoms with van der Waals surface area (Å²) in [6, 6.07) is 2.14. The first kappa shape index (κ1) is 18.7. The largest absolute Gasteiger partial charge is 0.480 e. The second kappa shape index (κ2) is 6.58. The highest BCUT2D eigenvalue weighted by molar-refractivity contribution is 6.33. The number of carboxylic acid groups (broad SMARTS) is 1. The van der Waals surface area contributed by atoms with Gasteiger partial charge in [-0.3, -0.25) is 14.0 Å². The molecule has 1 aromatic carbocycles. The molecular weight excluding hydrogens is 396 g/mol. The fourth-order valence-electron chi connectivity index (χ4n) is 2.46. The minimum absolute atomic E-state index is 0.0213. The van der Waals surface area contributed by atoms with Gasteiger partial charge in [-0.2, -0.15) is 13.2 Å². The highest BCUT2D eigenvalue weighted by Gasteiger charge is 2.35. The number of benzene rings is 1. The van der Waals surface area contributed by atoms with Crippen molar-refractivity contribution in [2.75, 3.05) is 11.9 Å². The number of aromatic nitrogens is 3. The zero-order chi connectivity index (χ0) is 19.9. The molecule has 2 heterocycles. The molecule has 27 heavy (non-hydrogen) atoms. The van der Waals surface area contributed by atoms with Crippen LogP contribution in [0.5, 0.6) is 0 Å². The summed E-state index contributed by atoms with van der Waals surface area (Å²) in [7, 11) is 0. The third-order valence-corrected chi connectivity index (χ3v) is 3.87. The number of carboxylic acids is 1. The molecule has 0 unspecified atom stereocenters. The Kier molecular flexibility index (Phi) is 4.56. The first-order chi connectivity index (χ1) is 12.6. The maximum Gasteiger partial charge on any atom is 0.432 e. The van der Waals surface area contributed by atoms with Crippen LogP contribution in [-0.2, 0) is 11.0 Å². The highest BCUT2D eigenvalue weighted by atomic mass is 35.5. The predicted molar refractivity (Wildman–Crippen MR) is 86.9 cm³/mol. The topological polar surface area (TPSA) is 88.6 Å². The molecule has 0 atom stereocenters. The SMILES string of the molecule is O=C(O)CNc1cc(-n2c(=O)cc(C(F)(F)F)n3ccnc23)c(F)cc1Cl. The van der Waals surface area contributed by atoms with Gasteiger partial charge >= 0.3 is 12.1 Å². The standard InChI is InChI=1S/C15H9ClF4N4O3/c16-7-3-8(17)10(4-9(7)22-6-13(26)27)24-12(25)5-11(15(18,19)20)23-2-1-21-14(23)24/h1-5,22H,6H2,(H,26,27). The van der Waals surface area contributed by atoms with Crippen molar-refractivity contribution in [3.63, 3.8) is 0 Å². The van der Waals surface area contributed by atoms with Crippen molar-refractivity contribution in [2.24, 2.45) is 0 Å². The van der Waals surface area contributed by atoms with Gasteiger partial charge in [-0.15, -0.1) is 0 Å². The molecule has 0 spiro atoms. The Morgan fingerprint density at radius 2 is 2.00 bits per heavy atom. The molecule has 0 amide bonds. The maximum absolute atomic E-state index is 14.4. The van der Waals surface area contributed by atoms with E-state index in [-0.39, 0.29) is 10.7 Å². The fraction of sp³-hybridized carbons (Fsp3) is 0.133. The van der Waals surface area contributed by atoms with Crippen LogP contribution in [0.4, 0.5) is 23.2 Å². The fourth-order valence-corrected chi connectivity index (χ4v) is 2.68. The number of fused-ring (bicyclic) bond motifs is 1. The summed E-state index contributed by atoms with van der Waals surface area (Å²) >= 11 is 5.84. The third kappa shape index (κ3) is 3.45. The molecule has 0 radical (unpaired) electrons. The molecule has 0 aliphatic rings. The van der Waals surface area contributed by atoms with Gasteiger partial charge in [0.1, 0.15) is 18.1 Å². The number of nitrogens with zero attached hydrogens (tertiary/aromatic N) is 3. The zero-order valence-corrected chi connectivity index (χ0v) is 13.8. The molecule has 3 aromatic rings. The van der Waals surface area contributed by atoms with Gasteiger partial charge < -0.3 is 10.4 Å². The maximum atomic E-state index is 14.4. The molecule has 0 aliphatic carbocycles. The monoisotopic (exact) mass is 404 g/mol. The van der Waals surface area contributed by atoms with Gasteiger partial charge in [0.05, 0.1) is 16.4 Å². The van der Waals surface area contributed by atoms with Crippen LogP contribution in [0.15, 0.2) is 35.4 Å². The summed E-state index contributed by atoms with van der Waals surface area (Å²) in [5.41, 5.74) is -2.91. The second-order valence-electron chi connectivity index (χ2n) is 5.33. The summed E-state index contributed by atoms with van der Waals surface area (Å²) in [4.78, 5) is 26.7. The Balaban J connectivity index is 2.26. The zero-order valence-electron chi connectivity index (χ0n) is 13.1. The van der Waals surface area contributed by atoms with Crippen molar-refractivity contribution in [1.82, 2.24) is 14.0 Å². The van der Waals surface area contributed by atoms with E-state index < -0.39 is 47.2 Å². The van der Waals surface area contributed by atoms with Crippen LogP contribution < -0.4 is 10.9 Å². The summed E-state index contributed by atoms with van der Waals surface area (Å²) < 4.78 is 55.0. The molecule has 12 heteroatoms. The van der Waals surface area contributed by atoms with Gasteiger partial charge in [-0.1, -0.05) is 11.6 Å². The lowest BCUT2D eigenvalue weighted by atomic mass is 10.2. The summed E-state index contributed by atoms with van der Waals surface area (Å²) in [6.07, 6.45) is -2.83. The molecule has 0 fully saturated rings. The van der Waals surface area contributed by atoms with Crippen LogP contribution in [0, 0.1) is 5.82 Å². The number of hydrogen-bond donors (Lipinski definition) is 2. The van der Waals surface area contributed by atoms with Crippen molar-refractivity contribution in [3.05, 3.63) is 57.5 Å². The van der Waals surface area contributed by atoms with Crippen molar-refractivity contribution >= 4 is 29.0 Å². The van der Waals surface area contributed by atoms with E-state index in [0.717, 1.165) is 24.5 Å². The normalized spacial score (nSPS) is 11.7. The first-order valence-electron chi connectivity index (χ1n) is 7.21. The van der Waals surface area contributed by atoms with Gasteiger partial charge in [-0.05, 0) is 12.1 Å². The lowest BCUT2D eigenvalue weighted by Crippen LogP contribution is -2.26. The Hall–Kier alpha value is -3.08. The minimum atomic E-state index is -4.83. The van der Waals surface area contributed by atoms with E-state index in [0.29, 0.717) is 15.0 Å². The van der Waals surface area contributed by atoms with E-state index in [9.17, 15) is 27.2 Å². The number of aliphatic carboxylic acids is 1. The molecule has 7 nitrogen and oxygen atoms in total. The number of alkyl halides is 3. The van der Waals surface area contributed by atoms with E-state index in [1.807, 2.05) is 0 Å². The van der Waals surface area contributed by atoms with Crippen LogP contribution in [0.25, 0.3) is 11.5 Å². The van der Waals surface area contributed by atoms with Crippen LogP contribution in [0.1, 0.15) is 5.69 Å². The van der Waals surface area contributed by atoms with E-state index >= 15 is 0 Å². The molecule has 0 saturated heterocycles. The minimum Gasteiger partial charge on any atom is -0.480 e. The van der Waals surface area contributed by atoms with Gasteiger partial charge in [0.2, 0.25) is 5.78 Å². The molecule has 0 bridgehead atoms. The summed E-state index contributed by atoms with van der Waals surface area (Å²) in [5, 5.41) is 11.0. The summed E-state index contributed by atoms with van der Waals surface area (Å²) in [5.74, 6) is -2.70. The van der Waals surface area contributed by atoms with Crippen molar-refractivity contribution in [2.45, 2.75) is 6.18 Å². The number of imidazole rings is 1. The average molecular weight is 405 g/mol. The number of hydrogen-bond acceptors (Lipinski definition) is 4.